The molecule has 0 bridgehead atoms. The molecule has 0 saturated carbocycles. The molecule has 1 saturated heterocycles. The predicted octanol–water partition coefficient (Wildman–Crippen LogP) is 3.67. The molecule has 4 rings (SSSR count). The van der Waals surface area contributed by atoms with E-state index in [0.717, 1.165) is 10.8 Å². The van der Waals surface area contributed by atoms with E-state index in [1.807, 2.05) is 44.2 Å². The number of halogens is 1. The molecule has 114 valence electrons. The molecule has 5 heteroatoms. The summed E-state index contributed by atoms with van der Waals surface area (Å²) < 4.78 is 11.8. The molecule has 2 aromatic carbocycles. The number of hydrogen-bond acceptors (Lipinski definition) is 3. The SMILES string of the molecule is CC1(C)COC2(OC1)C(=O)Nc1c2cc2ccccc2c1Cl. The van der Waals surface area contributed by atoms with Crippen molar-refractivity contribution in [3.63, 3.8) is 0 Å². The first kappa shape index (κ1) is 14.0. The van der Waals surface area contributed by atoms with Crippen molar-refractivity contribution in [2.45, 2.75) is 19.6 Å². The highest BCUT2D eigenvalue weighted by Crippen LogP contribution is 2.49. The lowest BCUT2D eigenvalue weighted by molar-refractivity contribution is -0.285. The molecule has 2 aromatic rings. The smallest absolute Gasteiger partial charge is 0.289 e. The Bertz CT molecular complexity index is 790. The molecular formula is C17H16ClNO3. The number of anilines is 1. The van der Waals surface area contributed by atoms with E-state index in [0.29, 0.717) is 29.5 Å². The van der Waals surface area contributed by atoms with Gasteiger partial charge < -0.3 is 14.8 Å². The largest absolute Gasteiger partial charge is 0.338 e. The van der Waals surface area contributed by atoms with Gasteiger partial charge in [0.05, 0.1) is 23.9 Å². The minimum absolute atomic E-state index is 0.116. The molecule has 2 aliphatic heterocycles. The van der Waals surface area contributed by atoms with Crippen LogP contribution < -0.4 is 5.32 Å². The number of rotatable bonds is 0. The van der Waals surface area contributed by atoms with Crippen LogP contribution in [0.1, 0.15) is 19.4 Å². The van der Waals surface area contributed by atoms with Gasteiger partial charge >= 0.3 is 0 Å². The van der Waals surface area contributed by atoms with Crippen LogP contribution in [0.4, 0.5) is 5.69 Å². The quantitative estimate of drug-likeness (QED) is 0.806. The molecule has 4 nitrogen and oxygen atoms in total. The van der Waals surface area contributed by atoms with E-state index in [1.54, 1.807) is 0 Å². The van der Waals surface area contributed by atoms with Gasteiger partial charge in [-0.1, -0.05) is 49.7 Å². The van der Waals surface area contributed by atoms with Crippen LogP contribution in [0, 0.1) is 5.41 Å². The maximum atomic E-state index is 12.5. The highest BCUT2D eigenvalue weighted by Gasteiger charge is 2.54. The Morgan fingerprint density at radius 1 is 1.18 bits per heavy atom. The van der Waals surface area contributed by atoms with Crippen molar-refractivity contribution in [3.05, 3.63) is 40.9 Å². The van der Waals surface area contributed by atoms with Gasteiger partial charge in [0.1, 0.15) is 0 Å². The molecule has 1 fully saturated rings. The molecule has 0 aliphatic carbocycles. The van der Waals surface area contributed by atoms with Gasteiger partial charge in [0.15, 0.2) is 0 Å². The third kappa shape index (κ3) is 1.81. The Balaban J connectivity index is 1.91. The number of ether oxygens (including phenoxy) is 2. The fourth-order valence-corrected chi connectivity index (χ4v) is 3.29. The zero-order chi connectivity index (χ0) is 15.5. The second-order valence-electron chi connectivity index (χ2n) is 6.65. The lowest BCUT2D eigenvalue weighted by atomic mass is 9.93. The molecule has 0 radical (unpaired) electrons. The molecule has 0 atom stereocenters. The van der Waals surface area contributed by atoms with E-state index in [2.05, 4.69) is 5.32 Å². The van der Waals surface area contributed by atoms with Crippen molar-refractivity contribution in [3.8, 4) is 0 Å². The van der Waals surface area contributed by atoms with E-state index >= 15 is 0 Å². The fraction of sp³-hybridized carbons (Fsp3) is 0.353. The van der Waals surface area contributed by atoms with E-state index in [4.69, 9.17) is 21.1 Å². The van der Waals surface area contributed by atoms with E-state index < -0.39 is 5.79 Å². The van der Waals surface area contributed by atoms with E-state index in [9.17, 15) is 4.79 Å². The Hall–Kier alpha value is -1.62. The van der Waals surface area contributed by atoms with Gasteiger partial charge in [-0.2, -0.15) is 0 Å². The van der Waals surface area contributed by atoms with E-state index in [1.165, 1.54) is 0 Å². The molecule has 2 heterocycles. The van der Waals surface area contributed by atoms with Crippen molar-refractivity contribution in [1.82, 2.24) is 0 Å². The van der Waals surface area contributed by atoms with Crippen LogP contribution >= 0.6 is 11.6 Å². The van der Waals surface area contributed by atoms with Crippen LogP contribution in [0.25, 0.3) is 10.8 Å². The predicted molar refractivity (Wildman–Crippen MR) is 85.0 cm³/mol. The molecule has 0 aromatic heterocycles. The number of fused-ring (bicyclic) bond motifs is 3. The second kappa shape index (κ2) is 4.44. The summed E-state index contributed by atoms with van der Waals surface area (Å²) in [7, 11) is 0. The van der Waals surface area contributed by atoms with Gasteiger partial charge in [0, 0.05) is 16.4 Å². The first-order chi connectivity index (χ1) is 10.4. The Morgan fingerprint density at radius 2 is 1.86 bits per heavy atom. The monoisotopic (exact) mass is 317 g/mol. The van der Waals surface area contributed by atoms with Crippen molar-refractivity contribution in [1.29, 1.82) is 0 Å². The van der Waals surface area contributed by atoms with Crippen LogP contribution in [-0.4, -0.2) is 19.1 Å². The van der Waals surface area contributed by atoms with Crippen molar-refractivity contribution < 1.29 is 14.3 Å². The van der Waals surface area contributed by atoms with Crippen LogP contribution in [0.2, 0.25) is 5.02 Å². The van der Waals surface area contributed by atoms with Crippen molar-refractivity contribution >= 4 is 34.0 Å². The van der Waals surface area contributed by atoms with Crippen LogP contribution in [0.3, 0.4) is 0 Å². The zero-order valence-corrected chi connectivity index (χ0v) is 13.2. The average Bonchev–Trinajstić information content (AvgIpc) is 2.76. The lowest BCUT2D eigenvalue weighted by Gasteiger charge is -2.39. The number of benzene rings is 2. The Labute approximate surface area is 133 Å². The lowest BCUT2D eigenvalue weighted by Crippen LogP contribution is -2.49. The van der Waals surface area contributed by atoms with Crippen LogP contribution in [0.5, 0.6) is 0 Å². The minimum atomic E-state index is -1.38. The van der Waals surface area contributed by atoms with Gasteiger partial charge in [-0.3, -0.25) is 4.79 Å². The summed E-state index contributed by atoms with van der Waals surface area (Å²) in [6.45, 7) is 4.98. The summed E-state index contributed by atoms with van der Waals surface area (Å²) in [5, 5.41) is 5.21. The molecule has 2 aliphatic rings. The Kier molecular flexibility index (Phi) is 2.83. The summed E-state index contributed by atoms with van der Waals surface area (Å²) in [6, 6.07) is 9.68. The topological polar surface area (TPSA) is 47.6 Å². The molecule has 1 amide bonds. The molecule has 22 heavy (non-hydrogen) atoms. The number of nitrogens with one attached hydrogen (secondary N) is 1. The Morgan fingerprint density at radius 3 is 2.59 bits per heavy atom. The number of hydrogen-bond donors (Lipinski definition) is 1. The van der Waals surface area contributed by atoms with Gasteiger partial charge in [-0.05, 0) is 11.5 Å². The summed E-state index contributed by atoms with van der Waals surface area (Å²) in [6.07, 6.45) is 0. The molecular weight excluding hydrogens is 302 g/mol. The fourth-order valence-electron chi connectivity index (χ4n) is 2.97. The first-order valence-corrected chi connectivity index (χ1v) is 7.62. The highest BCUT2D eigenvalue weighted by atomic mass is 35.5. The second-order valence-corrected chi connectivity index (χ2v) is 7.02. The number of carbonyl (C=O) groups is 1. The van der Waals surface area contributed by atoms with Crippen molar-refractivity contribution in [2.75, 3.05) is 18.5 Å². The standard InChI is InChI=1S/C17H16ClNO3/c1-16(2)8-21-17(22-9-16)12-7-10-5-3-4-6-11(10)13(18)14(12)19-15(17)20/h3-7H,8-9H2,1-2H3,(H,19,20). The van der Waals surface area contributed by atoms with Gasteiger partial charge in [-0.15, -0.1) is 0 Å². The van der Waals surface area contributed by atoms with Crippen LogP contribution in [-0.2, 0) is 20.1 Å². The van der Waals surface area contributed by atoms with E-state index in [-0.39, 0.29) is 11.3 Å². The van der Waals surface area contributed by atoms with Gasteiger partial charge in [0.2, 0.25) is 0 Å². The molecule has 0 unspecified atom stereocenters. The summed E-state index contributed by atoms with van der Waals surface area (Å²) in [4.78, 5) is 12.5. The minimum Gasteiger partial charge on any atom is -0.338 e. The summed E-state index contributed by atoms with van der Waals surface area (Å²) >= 11 is 6.48. The van der Waals surface area contributed by atoms with Gasteiger partial charge in [0.25, 0.3) is 11.7 Å². The third-order valence-corrected chi connectivity index (χ3v) is 4.60. The van der Waals surface area contributed by atoms with Crippen LogP contribution in [0.15, 0.2) is 30.3 Å². The maximum Gasteiger partial charge on any atom is 0.289 e. The third-order valence-electron chi connectivity index (χ3n) is 4.21. The molecule has 1 N–H and O–H groups in total. The maximum absolute atomic E-state index is 12.5. The normalized spacial score (nSPS) is 21.9. The van der Waals surface area contributed by atoms with Gasteiger partial charge in [-0.25, -0.2) is 0 Å². The summed E-state index contributed by atoms with van der Waals surface area (Å²) in [5.74, 6) is -1.69. The number of amides is 1. The first-order valence-electron chi connectivity index (χ1n) is 7.24. The molecule has 1 spiro atoms. The average molecular weight is 318 g/mol. The highest BCUT2D eigenvalue weighted by molar-refractivity contribution is 6.39. The number of carbonyl (C=O) groups excluding carboxylic acids is 1. The van der Waals surface area contributed by atoms with Crippen molar-refractivity contribution in [2.24, 2.45) is 5.41 Å². The summed E-state index contributed by atoms with van der Waals surface area (Å²) in [5.41, 5.74) is 1.14. The zero-order valence-electron chi connectivity index (χ0n) is 12.4.